The molecule has 0 aliphatic rings. The maximum absolute atomic E-state index is 13.8. The van der Waals surface area contributed by atoms with Gasteiger partial charge in [0.05, 0.1) is 17.5 Å². The molecule has 0 heterocycles. The Balaban J connectivity index is 1.76. The third-order valence-corrected chi connectivity index (χ3v) is 4.01. The summed E-state index contributed by atoms with van der Waals surface area (Å²) in [5.74, 6) is -0.862. The zero-order valence-corrected chi connectivity index (χ0v) is 16.1. The Bertz CT molecular complexity index is 1030. The SMILES string of the molecule is CC(C)Oc1ccccc1NC(=O)c1cccc(C(=O)Nc2ccccc2F)c1. The van der Waals surface area contributed by atoms with Crippen LogP contribution in [0.4, 0.5) is 15.8 Å². The molecule has 2 N–H and O–H groups in total. The molecule has 0 radical (unpaired) electrons. The van der Waals surface area contributed by atoms with Crippen molar-refractivity contribution in [2.45, 2.75) is 20.0 Å². The van der Waals surface area contributed by atoms with Gasteiger partial charge in [-0.3, -0.25) is 9.59 Å². The van der Waals surface area contributed by atoms with Crippen LogP contribution < -0.4 is 15.4 Å². The van der Waals surface area contributed by atoms with E-state index in [4.69, 9.17) is 4.74 Å². The Hall–Kier alpha value is -3.67. The van der Waals surface area contributed by atoms with Crippen LogP contribution in [0.3, 0.4) is 0 Å². The van der Waals surface area contributed by atoms with Crippen LogP contribution >= 0.6 is 0 Å². The molecule has 0 unspecified atom stereocenters. The molecule has 5 nitrogen and oxygen atoms in total. The lowest BCUT2D eigenvalue weighted by Gasteiger charge is -2.15. The molecule has 0 saturated carbocycles. The zero-order valence-electron chi connectivity index (χ0n) is 16.1. The van der Waals surface area contributed by atoms with Gasteiger partial charge in [0.25, 0.3) is 11.8 Å². The molecule has 2 amide bonds. The highest BCUT2D eigenvalue weighted by molar-refractivity contribution is 6.09. The van der Waals surface area contributed by atoms with E-state index < -0.39 is 11.7 Å². The number of anilines is 2. The highest BCUT2D eigenvalue weighted by Crippen LogP contribution is 2.25. The summed E-state index contributed by atoms with van der Waals surface area (Å²) in [6.45, 7) is 3.80. The highest BCUT2D eigenvalue weighted by Gasteiger charge is 2.14. The van der Waals surface area contributed by atoms with E-state index in [0.29, 0.717) is 17.0 Å². The quantitative estimate of drug-likeness (QED) is 0.612. The number of benzene rings is 3. The molecular formula is C23H21FN2O3. The maximum Gasteiger partial charge on any atom is 0.255 e. The first-order valence-electron chi connectivity index (χ1n) is 9.17. The molecule has 3 rings (SSSR count). The van der Waals surface area contributed by atoms with Crippen LogP contribution in [0.15, 0.2) is 72.8 Å². The average Bonchev–Trinajstić information content (AvgIpc) is 2.71. The van der Waals surface area contributed by atoms with Gasteiger partial charge in [0.15, 0.2) is 0 Å². The van der Waals surface area contributed by atoms with Crippen molar-refractivity contribution in [3.05, 3.63) is 89.7 Å². The number of carbonyl (C=O) groups is 2. The van der Waals surface area contributed by atoms with E-state index in [-0.39, 0.29) is 23.3 Å². The van der Waals surface area contributed by atoms with E-state index >= 15 is 0 Å². The van der Waals surface area contributed by atoms with E-state index in [1.807, 2.05) is 19.9 Å². The summed E-state index contributed by atoms with van der Waals surface area (Å²) in [5.41, 5.74) is 1.15. The number of halogens is 1. The van der Waals surface area contributed by atoms with Crippen LogP contribution in [-0.4, -0.2) is 17.9 Å². The maximum atomic E-state index is 13.8. The van der Waals surface area contributed by atoms with Crippen LogP contribution in [0.2, 0.25) is 0 Å². The normalized spacial score (nSPS) is 10.5. The number of hydrogen-bond donors (Lipinski definition) is 2. The molecule has 0 aliphatic carbocycles. The van der Waals surface area contributed by atoms with Crippen LogP contribution in [0.1, 0.15) is 34.6 Å². The molecule has 0 fully saturated rings. The van der Waals surface area contributed by atoms with Crippen molar-refractivity contribution in [1.82, 2.24) is 0 Å². The van der Waals surface area contributed by atoms with Crippen LogP contribution in [0, 0.1) is 5.82 Å². The minimum atomic E-state index is -0.531. The highest BCUT2D eigenvalue weighted by atomic mass is 19.1. The summed E-state index contributed by atoms with van der Waals surface area (Å²) in [5, 5.41) is 5.31. The van der Waals surface area contributed by atoms with Crippen molar-refractivity contribution < 1.29 is 18.7 Å². The fraction of sp³-hybridized carbons (Fsp3) is 0.130. The van der Waals surface area contributed by atoms with Gasteiger partial charge in [-0.2, -0.15) is 0 Å². The summed E-state index contributed by atoms with van der Waals surface area (Å²) in [6.07, 6.45) is -0.0431. The Kier molecular flexibility index (Phi) is 6.24. The Morgan fingerprint density at radius 3 is 1.97 bits per heavy atom. The van der Waals surface area contributed by atoms with Crippen LogP contribution in [0.25, 0.3) is 0 Å². The number of ether oxygens (including phenoxy) is 1. The van der Waals surface area contributed by atoms with Gasteiger partial charge in [-0.05, 0) is 56.3 Å². The van der Waals surface area contributed by atoms with E-state index in [2.05, 4.69) is 10.6 Å². The Morgan fingerprint density at radius 1 is 0.793 bits per heavy atom. The van der Waals surface area contributed by atoms with Crippen molar-refractivity contribution in [3.8, 4) is 5.75 Å². The largest absolute Gasteiger partial charge is 0.489 e. The number of nitrogens with one attached hydrogen (secondary N) is 2. The Labute approximate surface area is 168 Å². The van der Waals surface area contributed by atoms with Crippen molar-refractivity contribution in [2.24, 2.45) is 0 Å². The third-order valence-electron chi connectivity index (χ3n) is 4.01. The number of hydrogen-bond acceptors (Lipinski definition) is 3. The molecule has 3 aromatic rings. The number of amides is 2. The van der Waals surface area contributed by atoms with Crippen molar-refractivity contribution in [2.75, 3.05) is 10.6 Å². The predicted octanol–water partition coefficient (Wildman–Crippen LogP) is 5.12. The van der Waals surface area contributed by atoms with Crippen LogP contribution in [0.5, 0.6) is 5.75 Å². The average molecular weight is 392 g/mol. The van der Waals surface area contributed by atoms with E-state index in [1.165, 1.54) is 24.3 Å². The molecule has 0 aromatic heterocycles. The summed E-state index contributed by atoms with van der Waals surface area (Å²) in [4.78, 5) is 25.1. The zero-order chi connectivity index (χ0) is 20.8. The fourth-order valence-corrected chi connectivity index (χ4v) is 2.68. The molecular weight excluding hydrogens is 371 g/mol. The van der Waals surface area contributed by atoms with E-state index in [9.17, 15) is 14.0 Å². The fourth-order valence-electron chi connectivity index (χ4n) is 2.68. The van der Waals surface area contributed by atoms with Gasteiger partial charge in [0.2, 0.25) is 0 Å². The summed E-state index contributed by atoms with van der Waals surface area (Å²) in [7, 11) is 0. The molecule has 6 heteroatoms. The van der Waals surface area contributed by atoms with Crippen molar-refractivity contribution >= 4 is 23.2 Å². The lowest BCUT2D eigenvalue weighted by Crippen LogP contribution is -2.17. The molecule has 0 atom stereocenters. The first-order chi connectivity index (χ1) is 13.9. The van der Waals surface area contributed by atoms with Crippen molar-refractivity contribution in [1.29, 1.82) is 0 Å². The van der Waals surface area contributed by atoms with Gasteiger partial charge < -0.3 is 15.4 Å². The van der Waals surface area contributed by atoms with E-state index in [0.717, 1.165) is 0 Å². The minimum Gasteiger partial charge on any atom is -0.489 e. The van der Waals surface area contributed by atoms with Gasteiger partial charge >= 0.3 is 0 Å². The first kappa shape index (κ1) is 20.1. The number of rotatable bonds is 6. The van der Waals surface area contributed by atoms with E-state index in [1.54, 1.807) is 42.5 Å². The smallest absolute Gasteiger partial charge is 0.255 e. The van der Waals surface area contributed by atoms with Gasteiger partial charge in [0, 0.05) is 11.1 Å². The van der Waals surface area contributed by atoms with Gasteiger partial charge in [-0.25, -0.2) is 4.39 Å². The molecule has 0 spiro atoms. The van der Waals surface area contributed by atoms with Gasteiger partial charge in [0.1, 0.15) is 11.6 Å². The van der Waals surface area contributed by atoms with Crippen LogP contribution in [-0.2, 0) is 0 Å². The standard InChI is InChI=1S/C23H21FN2O3/c1-15(2)29-21-13-6-5-12-20(21)26-23(28)17-9-7-8-16(14-17)22(27)25-19-11-4-3-10-18(19)24/h3-15H,1-2H3,(H,25,27)(H,26,28). The van der Waals surface area contributed by atoms with Crippen molar-refractivity contribution in [3.63, 3.8) is 0 Å². The molecule has 3 aromatic carbocycles. The summed E-state index contributed by atoms with van der Waals surface area (Å²) < 4.78 is 19.5. The summed E-state index contributed by atoms with van der Waals surface area (Å²) in [6, 6.07) is 19.2. The second-order valence-corrected chi connectivity index (χ2v) is 6.63. The second kappa shape index (κ2) is 9.01. The molecule has 0 aliphatic heterocycles. The minimum absolute atomic E-state index is 0.0431. The Morgan fingerprint density at radius 2 is 1.34 bits per heavy atom. The van der Waals surface area contributed by atoms with Gasteiger partial charge in [-0.15, -0.1) is 0 Å². The lowest BCUT2D eigenvalue weighted by molar-refractivity contribution is 0.102. The first-order valence-corrected chi connectivity index (χ1v) is 9.17. The molecule has 0 saturated heterocycles. The molecule has 148 valence electrons. The third kappa shape index (κ3) is 5.19. The summed E-state index contributed by atoms with van der Waals surface area (Å²) >= 11 is 0. The number of carbonyl (C=O) groups excluding carboxylic acids is 2. The molecule has 0 bridgehead atoms. The molecule has 29 heavy (non-hydrogen) atoms. The monoisotopic (exact) mass is 392 g/mol. The number of para-hydroxylation sites is 3. The predicted molar refractivity (Wildman–Crippen MR) is 111 cm³/mol. The van der Waals surface area contributed by atoms with Gasteiger partial charge in [-0.1, -0.05) is 30.3 Å². The topological polar surface area (TPSA) is 67.4 Å². The second-order valence-electron chi connectivity index (χ2n) is 6.63. The lowest BCUT2D eigenvalue weighted by atomic mass is 10.1.